The number of rotatable bonds is 7. The Kier molecular flexibility index (Phi) is 6.75. The molecule has 7 heteroatoms. The van der Waals surface area contributed by atoms with E-state index in [1.807, 2.05) is 30.5 Å². The highest BCUT2D eigenvalue weighted by Crippen LogP contribution is 2.21. The molecular formula is C26H23ClFN3O2. The third-order valence-electron chi connectivity index (χ3n) is 5.56. The lowest BCUT2D eigenvalue weighted by molar-refractivity contribution is -0.132. The van der Waals surface area contributed by atoms with Gasteiger partial charge in [0.05, 0.1) is 10.6 Å². The maximum Gasteiger partial charge on any atom is 0.253 e. The van der Waals surface area contributed by atoms with Crippen molar-refractivity contribution in [3.05, 3.63) is 107 Å². The summed E-state index contributed by atoms with van der Waals surface area (Å²) in [6, 6.07) is 19.9. The van der Waals surface area contributed by atoms with Gasteiger partial charge in [-0.2, -0.15) is 0 Å². The predicted molar refractivity (Wildman–Crippen MR) is 128 cm³/mol. The molecule has 168 valence electrons. The molecule has 0 radical (unpaired) electrons. The molecule has 0 aliphatic carbocycles. The Morgan fingerprint density at radius 1 is 1.00 bits per heavy atom. The molecule has 0 unspecified atom stereocenters. The van der Waals surface area contributed by atoms with E-state index in [1.54, 1.807) is 49.5 Å². The molecule has 3 aromatic carbocycles. The number of nitrogens with zero attached hydrogens (tertiary/aromatic N) is 1. The van der Waals surface area contributed by atoms with E-state index < -0.39 is 11.9 Å². The second-order valence-electron chi connectivity index (χ2n) is 7.86. The molecule has 0 bridgehead atoms. The van der Waals surface area contributed by atoms with Gasteiger partial charge in [-0.1, -0.05) is 60.1 Å². The molecule has 0 spiro atoms. The average Bonchev–Trinajstić information content (AvgIpc) is 3.22. The van der Waals surface area contributed by atoms with Crippen LogP contribution in [0.25, 0.3) is 10.9 Å². The Labute approximate surface area is 196 Å². The van der Waals surface area contributed by atoms with Crippen LogP contribution in [0, 0.1) is 5.82 Å². The highest BCUT2D eigenvalue weighted by Gasteiger charge is 2.27. The minimum atomic E-state index is -0.871. The largest absolute Gasteiger partial charge is 0.361 e. The number of aromatic nitrogens is 1. The number of hydrogen-bond acceptors (Lipinski definition) is 2. The summed E-state index contributed by atoms with van der Waals surface area (Å²) in [5.41, 5.74) is 2.52. The van der Waals surface area contributed by atoms with Gasteiger partial charge in [0, 0.05) is 42.7 Å². The molecule has 0 saturated carbocycles. The number of para-hydroxylation sites is 1. The number of hydrogen-bond donors (Lipinski definition) is 2. The number of nitrogens with one attached hydrogen (secondary N) is 2. The van der Waals surface area contributed by atoms with Gasteiger partial charge in [0.25, 0.3) is 5.91 Å². The van der Waals surface area contributed by atoms with Crippen molar-refractivity contribution in [3.63, 3.8) is 0 Å². The van der Waals surface area contributed by atoms with E-state index in [0.29, 0.717) is 10.6 Å². The van der Waals surface area contributed by atoms with Crippen LogP contribution < -0.4 is 5.32 Å². The lowest BCUT2D eigenvalue weighted by atomic mass is 10.0. The van der Waals surface area contributed by atoms with E-state index in [4.69, 9.17) is 11.6 Å². The van der Waals surface area contributed by atoms with Crippen LogP contribution in [-0.4, -0.2) is 34.8 Å². The first-order valence-electron chi connectivity index (χ1n) is 10.5. The fraction of sp³-hybridized carbons (Fsp3) is 0.154. The zero-order chi connectivity index (χ0) is 23.4. The molecular weight excluding hydrogens is 441 g/mol. The van der Waals surface area contributed by atoms with Gasteiger partial charge in [-0.25, -0.2) is 4.39 Å². The number of halogens is 2. The van der Waals surface area contributed by atoms with E-state index >= 15 is 0 Å². The number of fused-ring (bicyclic) bond motifs is 1. The number of aromatic amines is 1. The van der Waals surface area contributed by atoms with Crippen LogP contribution in [0.15, 0.2) is 79.0 Å². The smallest absolute Gasteiger partial charge is 0.253 e. The van der Waals surface area contributed by atoms with E-state index in [2.05, 4.69) is 10.3 Å². The number of amides is 2. The third-order valence-corrected chi connectivity index (χ3v) is 5.89. The van der Waals surface area contributed by atoms with Gasteiger partial charge < -0.3 is 15.2 Å². The van der Waals surface area contributed by atoms with Crippen molar-refractivity contribution in [2.24, 2.45) is 0 Å². The molecule has 4 aromatic rings. The van der Waals surface area contributed by atoms with Crippen molar-refractivity contribution in [1.29, 1.82) is 0 Å². The molecule has 1 aromatic heterocycles. The van der Waals surface area contributed by atoms with Crippen molar-refractivity contribution in [2.75, 3.05) is 7.05 Å². The van der Waals surface area contributed by atoms with Crippen molar-refractivity contribution in [3.8, 4) is 0 Å². The highest BCUT2D eigenvalue weighted by molar-refractivity contribution is 6.33. The molecule has 0 fully saturated rings. The number of benzene rings is 3. The second-order valence-corrected chi connectivity index (χ2v) is 8.26. The van der Waals surface area contributed by atoms with E-state index in [-0.39, 0.29) is 30.3 Å². The summed E-state index contributed by atoms with van der Waals surface area (Å²) in [6.45, 7) is 0.0812. The lowest BCUT2D eigenvalue weighted by Crippen LogP contribution is -2.48. The molecule has 33 heavy (non-hydrogen) atoms. The predicted octanol–water partition coefficient (Wildman–Crippen LogP) is 4.96. The average molecular weight is 464 g/mol. The van der Waals surface area contributed by atoms with Crippen LogP contribution in [0.4, 0.5) is 4.39 Å². The van der Waals surface area contributed by atoms with Crippen molar-refractivity contribution in [2.45, 2.75) is 19.0 Å². The summed E-state index contributed by atoms with van der Waals surface area (Å²) in [4.78, 5) is 31.0. The van der Waals surface area contributed by atoms with Gasteiger partial charge in [-0.05, 0) is 29.8 Å². The minimum Gasteiger partial charge on any atom is -0.361 e. The first-order chi connectivity index (χ1) is 15.9. The van der Waals surface area contributed by atoms with Gasteiger partial charge in [0.1, 0.15) is 11.9 Å². The Hall–Kier alpha value is -3.64. The number of H-pyrrole nitrogens is 1. The topological polar surface area (TPSA) is 65.2 Å². The number of carbonyl (C=O) groups is 2. The molecule has 2 N–H and O–H groups in total. The quantitative estimate of drug-likeness (QED) is 0.407. The highest BCUT2D eigenvalue weighted by atomic mass is 35.5. The molecule has 0 aliphatic heterocycles. The Morgan fingerprint density at radius 3 is 2.48 bits per heavy atom. The molecule has 4 rings (SSSR count). The van der Waals surface area contributed by atoms with Crippen LogP contribution in [0.5, 0.6) is 0 Å². The summed E-state index contributed by atoms with van der Waals surface area (Å²) in [6.07, 6.45) is 2.10. The Morgan fingerprint density at radius 2 is 1.70 bits per heavy atom. The standard InChI is InChI=1S/C26H23ClFN3O2/c1-31(16-17-8-2-6-12-22(17)28)26(33)24(30-25(32)20-10-3-5-11-21(20)27)14-18-15-29-23-13-7-4-9-19(18)23/h2-13,15,24,29H,14,16H2,1H3,(H,30,32)/t24-/m0/s1. The van der Waals surface area contributed by atoms with Crippen LogP contribution >= 0.6 is 11.6 Å². The zero-order valence-corrected chi connectivity index (χ0v) is 18.8. The molecule has 1 heterocycles. The molecule has 5 nitrogen and oxygen atoms in total. The zero-order valence-electron chi connectivity index (χ0n) is 18.0. The molecule has 1 atom stereocenters. The van der Waals surface area contributed by atoms with Crippen molar-refractivity contribution in [1.82, 2.24) is 15.2 Å². The van der Waals surface area contributed by atoms with E-state index in [9.17, 15) is 14.0 Å². The molecule has 0 saturated heterocycles. The first kappa shape index (κ1) is 22.6. The third kappa shape index (κ3) is 5.07. The first-order valence-corrected chi connectivity index (χ1v) is 10.9. The molecule has 2 amide bonds. The number of carbonyl (C=O) groups excluding carboxylic acids is 2. The van der Waals surface area contributed by atoms with Gasteiger partial charge in [0.2, 0.25) is 5.91 Å². The van der Waals surface area contributed by atoms with Gasteiger partial charge in [-0.3, -0.25) is 9.59 Å². The fourth-order valence-electron chi connectivity index (χ4n) is 3.83. The Bertz CT molecular complexity index is 1300. The summed E-state index contributed by atoms with van der Waals surface area (Å²) < 4.78 is 14.1. The summed E-state index contributed by atoms with van der Waals surface area (Å²) >= 11 is 6.19. The van der Waals surface area contributed by atoms with Crippen LogP contribution in [0.1, 0.15) is 21.5 Å². The summed E-state index contributed by atoms with van der Waals surface area (Å²) in [5, 5.41) is 4.11. The van der Waals surface area contributed by atoms with Crippen LogP contribution in [0.2, 0.25) is 5.02 Å². The monoisotopic (exact) mass is 463 g/mol. The Balaban J connectivity index is 1.61. The van der Waals surface area contributed by atoms with Gasteiger partial charge in [0.15, 0.2) is 0 Å². The fourth-order valence-corrected chi connectivity index (χ4v) is 4.05. The summed E-state index contributed by atoms with van der Waals surface area (Å²) in [7, 11) is 1.60. The van der Waals surface area contributed by atoms with Crippen LogP contribution in [-0.2, 0) is 17.8 Å². The van der Waals surface area contributed by atoms with Crippen molar-refractivity contribution >= 4 is 34.3 Å². The lowest BCUT2D eigenvalue weighted by Gasteiger charge is -2.25. The van der Waals surface area contributed by atoms with Gasteiger partial charge >= 0.3 is 0 Å². The minimum absolute atomic E-state index is 0.0812. The van der Waals surface area contributed by atoms with Crippen molar-refractivity contribution < 1.29 is 14.0 Å². The normalized spacial score (nSPS) is 11.8. The number of likely N-dealkylation sites (N-methyl/N-ethyl adjacent to an activating group) is 1. The SMILES string of the molecule is CN(Cc1ccccc1F)C(=O)[C@H](Cc1c[nH]c2ccccc12)NC(=O)c1ccccc1Cl. The van der Waals surface area contributed by atoms with Gasteiger partial charge in [-0.15, -0.1) is 0 Å². The van der Waals surface area contributed by atoms with E-state index in [1.165, 1.54) is 11.0 Å². The maximum absolute atomic E-state index is 14.1. The van der Waals surface area contributed by atoms with Crippen LogP contribution in [0.3, 0.4) is 0 Å². The maximum atomic E-state index is 14.1. The van der Waals surface area contributed by atoms with E-state index in [0.717, 1.165) is 16.5 Å². The summed E-state index contributed by atoms with van der Waals surface area (Å²) in [5.74, 6) is -1.16. The molecule has 0 aliphatic rings. The second kappa shape index (κ2) is 9.88.